The van der Waals surface area contributed by atoms with Crippen molar-refractivity contribution in [1.29, 1.82) is 0 Å². The van der Waals surface area contributed by atoms with Gasteiger partial charge in [0.15, 0.2) is 0 Å². The molecule has 1 aliphatic rings. The number of esters is 1. The Morgan fingerprint density at radius 3 is 2.94 bits per heavy atom. The molecule has 0 unspecified atom stereocenters. The summed E-state index contributed by atoms with van der Waals surface area (Å²) in [5, 5.41) is 3.38. The highest BCUT2D eigenvalue weighted by Gasteiger charge is 2.33. The second-order valence-corrected chi connectivity index (χ2v) is 4.29. The van der Waals surface area contributed by atoms with Crippen LogP contribution in [-0.2, 0) is 16.1 Å². The third-order valence-electron chi connectivity index (χ3n) is 3.20. The number of nitrogens with zero attached hydrogens (tertiary/aromatic N) is 2. The molecule has 1 fully saturated rings. The predicted molar refractivity (Wildman–Crippen MR) is 62.0 cm³/mol. The average Bonchev–Trinajstić information content (AvgIpc) is 2.85. The van der Waals surface area contributed by atoms with Gasteiger partial charge in [-0.05, 0) is 12.8 Å². The number of carbonyl (C=O) groups is 1. The van der Waals surface area contributed by atoms with Crippen LogP contribution in [0.2, 0.25) is 0 Å². The molecule has 0 amide bonds. The molecule has 0 spiro atoms. The topological polar surface area (TPSA) is 64.1 Å². The van der Waals surface area contributed by atoms with E-state index in [4.69, 9.17) is 4.74 Å². The first kappa shape index (κ1) is 12.0. The average molecular weight is 235 g/mol. The smallest absolute Gasteiger partial charge is 0.310 e. The van der Waals surface area contributed by atoms with Gasteiger partial charge >= 0.3 is 5.97 Å². The molecule has 1 aromatic heterocycles. The first-order valence-electron chi connectivity index (χ1n) is 5.86. The maximum atomic E-state index is 11.5. The Bertz CT molecular complexity index is 369. The zero-order chi connectivity index (χ0) is 12.1. The van der Waals surface area contributed by atoms with Crippen molar-refractivity contribution in [3.63, 3.8) is 0 Å². The molecule has 5 heteroatoms. The highest BCUT2D eigenvalue weighted by Crippen LogP contribution is 2.26. The highest BCUT2D eigenvalue weighted by atomic mass is 16.5. The van der Waals surface area contributed by atoms with E-state index < -0.39 is 0 Å². The first-order valence-corrected chi connectivity index (χ1v) is 5.86. The number of methoxy groups -OCH3 is 1. The molecular weight excluding hydrogens is 218 g/mol. The number of aromatic nitrogens is 2. The summed E-state index contributed by atoms with van der Waals surface area (Å²) in [5.41, 5.74) is 1.03. The summed E-state index contributed by atoms with van der Waals surface area (Å²) in [4.78, 5) is 19.5. The van der Waals surface area contributed by atoms with Crippen molar-refractivity contribution in [2.24, 2.45) is 5.92 Å². The lowest BCUT2D eigenvalue weighted by Gasteiger charge is -2.18. The van der Waals surface area contributed by atoms with Crippen LogP contribution in [0.25, 0.3) is 0 Å². The number of hydrogen-bond donors (Lipinski definition) is 1. The molecule has 0 radical (unpaired) electrons. The lowest BCUT2D eigenvalue weighted by atomic mass is 10.0. The molecule has 17 heavy (non-hydrogen) atoms. The number of ether oxygens (including phenoxy) is 1. The van der Waals surface area contributed by atoms with Crippen molar-refractivity contribution < 1.29 is 9.53 Å². The normalized spacial score (nSPS) is 23.6. The largest absolute Gasteiger partial charge is 0.469 e. The molecule has 1 aromatic rings. The van der Waals surface area contributed by atoms with Crippen LogP contribution in [0.1, 0.15) is 24.8 Å². The van der Waals surface area contributed by atoms with Gasteiger partial charge in [0, 0.05) is 30.5 Å². The van der Waals surface area contributed by atoms with Gasteiger partial charge in [0.1, 0.15) is 6.33 Å². The van der Waals surface area contributed by atoms with Gasteiger partial charge in [0.05, 0.1) is 13.0 Å². The Kier molecular flexibility index (Phi) is 4.03. The van der Waals surface area contributed by atoms with Gasteiger partial charge in [-0.25, -0.2) is 9.97 Å². The molecular formula is C12H17N3O2. The SMILES string of the molecule is COC(=O)[C@@H]1CCC[C@H]1NCc1cncnc1. The van der Waals surface area contributed by atoms with Crippen LogP contribution in [0.3, 0.4) is 0 Å². The molecule has 0 aliphatic heterocycles. The Hall–Kier alpha value is -1.49. The van der Waals surface area contributed by atoms with Gasteiger partial charge in [-0.3, -0.25) is 4.79 Å². The summed E-state index contributed by atoms with van der Waals surface area (Å²) in [6.07, 6.45) is 8.08. The van der Waals surface area contributed by atoms with Gasteiger partial charge in [0.25, 0.3) is 0 Å². The Morgan fingerprint density at radius 2 is 2.24 bits per heavy atom. The molecule has 1 heterocycles. The van der Waals surface area contributed by atoms with E-state index in [9.17, 15) is 4.79 Å². The lowest BCUT2D eigenvalue weighted by molar-refractivity contribution is -0.145. The number of hydrogen-bond acceptors (Lipinski definition) is 5. The summed E-state index contributed by atoms with van der Waals surface area (Å²) in [6.45, 7) is 0.693. The van der Waals surface area contributed by atoms with Crippen LogP contribution in [0.5, 0.6) is 0 Å². The van der Waals surface area contributed by atoms with Crippen molar-refractivity contribution in [2.75, 3.05) is 7.11 Å². The van der Waals surface area contributed by atoms with Crippen molar-refractivity contribution in [3.8, 4) is 0 Å². The zero-order valence-corrected chi connectivity index (χ0v) is 9.93. The molecule has 1 N–H and O–H groups in total. The van der Waals surface area contributed by atoms with Crippen LogP contribution < -0.4 is 5.32 Å². The maximum absolute atomic E-state index is 11.5. The summed E-state index contributed by atoms with van der Waals surface area (Å²) in [5.74, 6) is -0.117. The second-order valence-electron chi connectivity index (χ2n) is 4.29. The van der Waals surface area contributed by atoms with Crippen LogP contribution in [0, 0.1) is 5.92 Å². The quantitative estimate of drug-likeness (QED) is 0.786. The van der Waals surface area contributed by atoms with E-state index in [1.54, 1.807) is 12.4 Å². The molecule has 1 saturated carbocycles. The van der Waals surface area contributed by atoms with Gasteiger partial charge in [-0.2, -0.15) is 0 Å². The minimum atomic E-state index is -0.107. The van der Waals surface area contributed by atoms with E-state index in [1.807, 2.05) is 0 Å². The number of rotatable bonds is 4. The number of carbonyl (C=O) groups excluding carboxylic acids is 1. The molecule has 1 aliphatic carbocycles. The summed E-state index contributed by atoms with van der Waals surface area (Å²) < 4.78 is 4.81. The lowest BCUT2D eigenvalue weighted by Crippen LogP contribution is -2.36. The molecule has 5 nitrogen and oxygen atoms in total. The number of nitrogens with one attached hydrogen (secondary N) is 1. The molecule has 0 saturated heterocycles. The third-order valence-corrected chi connectivity index (χ3v) is 3.20. The third kappa shape index (κ3) is 3.00. The second kappa shape index (κ2) is 5.72. The summed E-state index contributed by atoms with van der Waals surface area (Å²) >= 11 is 0. The predicted octanol–water partition coefficient (Wildman–Crippen LogP) is 0.908. The highest BCUT2D eigenvalue weighted by molar-refractivity contribution is 5.73. The Labute approximate surface area is 101 Å². The summed E-state index contributed by atoms with van der Waals surface area (Å²) in [7, 11) is 1.45. The van der Waals surface area contributed by atoms with Gasteiger partial charge in [0.2, 0.25) is 0 Å². The molecule has 2 rings (SSSR count). The minimum absolute atomic E-state index is 0.00960. The van der Waals surface area contributed by atoms with E-state index in [0.717, 1.165) is 24.8 Å². The molecule has 0 aromatic carbocycles. The van der Waals surface area contributed by atoms with E-state index in [-0.39, 0.29) is 17.9 Å². The molecule has 92 valence electrons. The first-order chi connectivity index (χ1) is 8.31. The van der Waals surface area contributed by atoms with Crippen LogP contribution in [0.4, 0.5) is 0 Å². The molecule has 2 atom stereocenters. The van der Waals surface area contributed by atoms with Crippen molar-refractivity contribution in [2.45, 2.75) is 31.8 Å². The Morgan fingerprint density at radius 1 is 1.47 bits per heavy atom. The fourth-order valence-electron chi connectivity index (χ4n) is 2.31. The molecule has 0 bridgehead atoms. The van der Waals surface area contributed by atoms with Crippen molar-refractivity contribution >= 4 is 5.97 Å². The minimum Gasteiger partial charge on any atom is -0.469 e. The standard InChI is InChI=1S/C12H17N3O2/c1-17-12(16)10-3-2-4-11(10)15-7-9-5-13-8-14-6-9/h5-6,8,10-11,15H,2-4,7H2,1H3/t10-,11-/m1/s1. The zero-order valence-electron chi connectivity index (χ0n) is 9.93. The fraction of sp³-hybridized carbons (Fsp3) is 0.583. The Balaban J connectivity index is 1.88. The van der Waals surface area contributed by atoms with Crippen LogP contribution >= 0.6 is 0 Å². The monoisotopic (exact) mass is 235 g/mol. The van der Waals surface area contributed by atoms with Gasteiger partial charge < -0.3 is 10.1 Å². The van der Waals surface area contributed by atoms with E-state index in [2.05, 4.69) is 15.3 Å². The maximum Gasteiger partial charge on any atom is 0.310 e. The summed E-state index contributed by atoms with van der Waals surface area (Å²) in [6, 6.07) is 0.211. The van der Waals surface area contributed by atoms with Gasteiger partial charge in [-0.15, -0.1) is 0 Å². The van der Waals surface area contributed by atoms with Gasteiger partial charge in [-0.1, -0.05) is 6.42 Å². The van der Waals surface area contributed by atoms with Crippen molar-refractivity contribution in [3.05, 3.63) is 24.3 Å². The van der Waals surface area contributed by atoms with E-state index >= 15 is 0 Å². The van der Waals surface area contributed by atoms with Crippen LogP contribution in [-0.4, -0.2) is 29.1 Å². The van der Waals surface area contributed by atoms with Crippen LogP contribution in [0.15, 0.2) is 18.7 Å². The van der Waals surface area contributed by atoms with E-state index in [0.29, 0.717) is 6.54 Å². The fourth-order valence-corrected chi connectivity index (χ4v) is 2.31. The van der Waals surface area contributed by atoms with Crippen molar-refractivity contribution in [1.82, 2.24) is 15.3 Å². The van der Waals surface area contributed by atoms with E-state index in [1.165, 1.54) is 13.4 Å².